The summed E-state index contributed by atoms with van der Waals surface area (Å²) in [6.45, 7) is 1.14. The Kier molecular flexibility index (Phi) is 14.4. The average molecular weight is 992 g/mol. The molecule has 6 amide bonds. The number of halogens is 6. The van der Waals surface area contributed by atoms with Crippen LogP contribution in [0.2, 0.25) is 0 Å². The lowest BCUT2D eigenvalue weighted by Crippen LogP contribution is -2.47. The smallest absolute Gasteiger partial charge is 0.333 e. The van der Waals surface area contributed by atoms with Gasteiger partial charge in [-0.15, -0.1) is 0 Å². The van der Waals surface area contributed by atoms with E-state index in [1.54, 1.807) is 24.3 Å². The summed E-state index contributed by atoms with van der Waals surface area (Å²) < 4.78 is 114. The number of nitriles is 2. The van der Waals surface area contributed by atoms with Gasteiger partial charge in [0.2, 0.25) is 0 Å². The van der Waals surface area contributed by atoms with Crippen LogP contribution in [0.25, 0.3) is 0 Å². The van der Waals surface area contributed by atoms with E-state index in [4.69, 9.17) is 17.5 Å². The van der Waals surface area contributed by atoms with Crippen molar-refractivity contribution in [3.05, 3.63) is 153 Å². The molecule has 2 atom stereocenters. The Morgan fingerprint density at radius 1 is 0.614 bits per heavy atom. The molecule has 0 unspecified atom stereocenters. The van der Waals surface area contributed by atoms with Crippen molar-refractivity contribution in [3.8, 4) is 12.1 Å². The molecule has 0 spiro atoms. The highest BCUT2D eigenvalue weighted by molar-refractivity contribution is 7.79. The van der Waals surface area contributed by atoms with Crippen LogP contribution in [0.4, 0.5) is 47.3 Å². The van der Waals surface area contributed by atoms with Gasteiger partial charge in [-0.2, -0.15) is 45.3 Å². The number of anilines is 2. The predicted molar refractivity (Wildman–Crippen MR) is 236 cm³/mol. The van der Waals surface area contributed by atoms with Gasteiger partial charge in [0.25, 0.3) is 11.8 Å². The summed E-state index contributed by atoms with van der Waals surface area (Å²) in [5, 5.41) is 27.4. The van der Waals surface area contributed by atoms with Crippen molar-refractivity contribution in [3.63, 3.8) is 0 Å². The van der Waals surface area contributed by atoms with Crippen LogP contribution in [0, 0.1) is 22.7 Å². The van der Waals surface area contributed by atoms with Gasteiger partial charge in [0, 0.05) is 13.1 Å². The average Bonchev–Trinajstić information content (AvgIpc) is 3.81. The Hall–Kier alpha value is -7.77. The third-order valence-electron chi connectivity index (χ3n) is 11.6. The number of hydrogen-bond acceptors (Lipinski definition) is 9. The Labute approximate surface area is 395 Å². The minimum absolute atomic E-state index is 0.0578. The minimum atomic E-state index is -4.68. The lowest BCUT2D eigenvalue weighted by molar-refractivity contribution is -0.138. The zero-order valence-electron chi connectivity index (χ0n) is 36.3. The zero-order chi connectivity index (χ0) is 50.7. The van der Waals surface area contributed by atoms with E-state index in [1.165, 1.54) is 58.3 Å². The summed E-state index contributed by atoms with van der Waals surface area (Å²) in [7, 11) is -4.67. The number of carbonyl (C=O) groups excluding carboxylic acids is 4. The SMILES string of the molecule is N#Cc1ccc([C@H]2NC(=O)N(c3cccc(C(F)(F)F)c3)C3=C2C(=O)N(CCCNCCCN2CC4=C(C2=O)[C@@H](c2ccc(C#N)cc2)NC(=O)N4c2cccc(C(F)(F)F)c2)C3)cc1.O=S(=O)(O)O. The zero-order valence-corrected chi connectivity index (χ0v) is 37.1. The summed E-state index contributed by atoms with van der Waals surface area (Å²) in [6.07, 6.45) is -8.49. The van der Waals surface area contributed by atoms with Crippen molar-refractivity contribution in [1.82, 2.24) is 25.8 Å². The highest BCUT2D eigenvalue weighted by Gasteiger charge is 2.47. The van der Waals surface area contributed by atoms with E-state index in [1.807, 2.05) is 12.1 Å². The van der Waals surface area contributed by atoms with Crippen LogP contribution in [0.3, 0.4) is 0 Å². The Balaban J connectivity index is 0.00000137. The first kappa shape index (κ1) is 50.1. The molecule has 4 aliphatic rings. The molecule has 0 aliphatic carbocycles. The molecule has 0 saturated carbocycles. The highest BCUT2D eigenvalue weighted by atomic mass is 32.3. The van der Waals surface area contributed by atoms with Gasteiger partial charge in [0.1, 0.15) is 0 Å². The number of alkyl halides is 6. The van der Waals surface area contributed by atoms with Gasteiger partial charge in [0.05, 0.1) is 93.5 Å². The molecular weight excluding hydrogens is 953 g/mol. The van der Waals surface area contributed by atoms with E-state index in [2.05, 4.69) is 16.0 Å². The minimum Gasteiger partial charge on any atom is -0.333 e. The van der Waals surface area contributed by atoms with Gasteiger partial charge in [-0.3, -0.25) is 28.5 Å². The fourth-order valence-corrected chi connectivity index (χ4v) is 8.46. The van der Waals surface area contributed by atoms with Crippen molar-refractivity contribution < 1.29 is 63.0 Å². The maximum Gasteiger partial charge on any atom is 0.416 e. The van der Waals surface area contributed by atoms with Gasteiger partial charge in [-0.05, 0) is 97.7 Å². The normalized spacial score (nSPS) is 18.2. The fourth-order valence-electron chi connectivity index (χ4n) is 8.46. The summed E-state index contributed by atoms with van der Waals surface area (Å²) in [6, 6.07) is 21.8. The summed E-state index contributed by atoms with van der Waals surface area (Å²) in [5.74, 6) is -0.830. The number of nitrogens with zero attached hydrogens (tertiary/aromatic N) is 6. The third-order valence-corrected chi connectivity index (χ3v) is 11.6. The molecule has 4 heterocycles. The van der Waals surface area contributed by atoms with Crippen molar-refractivity contribution in [2.24, 2.45) is 0 Å². The van der Waals surface area contributed by atoms with E-state index in [9.17, 15) is 56.0 Å². The molecule has 0 radical (unpaired) electrons. The molecule has 4 aromatic carbocycles. The van der Waals surface area contributed by atoms with Gasteiger partial charge >= 0.3 is 34.8 Å². The van der Waals surface area contributed by atoms with Crippen LogP contribution in [0.15, 0.2) is 120 Å². The first-order chi connectivity index (χ1) is 33.1. The molecule has 0 fully saturated rings. The lowest BCUT2D eigenvalue weighted by Gasteiger charge is -2.34. The summed E-state index contributed by atoms with van der Waals surface area (Å²) in [4.78, 5) is 60.5. The first-order valence-electron chi connectivity index (χ1n) is 21.1. The van der Waals surface area contributed by atoms with Crippen LogP contribution in [0.1, 0.15) is 58.3 Å². The number of urea groups is 2. The molecule has 8 rings (SSSR count). The second kappa shape index (κ2) is 20.1. The van der Waals surface area contributed by atoms with Gasteiger partial charge in [0.15, 0.2) is 0 Å². The molecule has 70 heavy (non-hydrogen) atoms. The standard InChI is InChI=1S/C46H37F6N9O4.H2O4S/c47-45(48,49)31-5-1-7-33(21-31)60-35-25-58(41(62)37(35)39(56-43(60)64)29-13-9-27(23-53)10-14-29)19-3-17-55-18-4-20-59-26-36-38(42(59)63)40(30-15-11-28(24-54)12-16-30)57-44(65)61(36)34-8-2-6-32(22-34)46(50,51)52;1-5(2,3)4/h1-2,5-16,21-22,39-40,55H,3-4,17-20,25-26H2,(H,56,64)(H,57,65);(H2,1,2,3,4)/t39-,40-;/m1./s1. The maximum atomic E-state index is 14.0. The van der Waals surface area contributed by atoms with E-state index < -0.39 is 69.8 Å². The van der Waals surface area contributed by atoms with E-state index in [-0.39, 0.29) is 60.1 Å². The molecule has 17 nitrogen and oxygen atoms in total. The van der Waals surface area contributed by atoms with E-state index in [0.717, 1.165) is 34.1 Å². The number of carbonyl (C=O) groups is 4. The Morgan fingerprint density at radius 2 is 0.971 bits per heavy atom. The maximum absolute atomic E-state index is 14.0. The molecule has 364 valence electrons. The van der Waals surface area contributed by atoms with Crippen LogP contribution in [-0.4, -0.2) is 90.5 Å². The molecule has 0 saturated heterocycles. The third kappa shape index (κ3) is 11.1. The second-order valence-electron chi connectivity index (χ2n) is 16.1. The van der Waals surface area contributed by atoms with Crippen LogP contribution in [0.5, 0.6) is 0 Å². The molecule has 5 N–H and O–H groups in total. The first-order valence-corrected chi connectivity index (χ1v) is 22.5. The molecule has 4 aliphatic heterocycles. The van der Waals surface area contributed by atoms with Crippen molar-refractivity contribution in [2.45, 2.75) is 37.3 Å². The summed E-state index contributed by atoms with van der Waals surface area (Å²) >= 11 is 0. The van der Waals surface area contributed by atoms with Crippen molar-refractivity contribution >= 4 is 45.7 Å². The highest BCUT2D eigenvalue weighted by Crippen LogP contribution is 2.42. The fraction of sp³-hybridized carbons (Fsp3) is 0.261. The van der Waals surface area contributed by atoms with Crippen LogP contribution < -0.4 is 25.8 Å². The largest absolute Gasteiger partial charge is 0.416 e. The van der Waals surface area contributed by atoms with Crippen LogP contribution in [-0.2, 0) is 32.3 Å². The lowest BCUT2D eigenvalue weighted by atomic mass is 9.94. The van der Waals surface area contributed by atoms with Crippen molar-refractivity contribution in [2.75, 3.05) is 49.1 Å². The second-order valence-corrected chi connectivity index (χ2v) is 17.0. The topological polar surface area (TPSA) is 240 Å². The predicted octanol–water partition coefficient (Wildman–Crippen LogP) is 6.62. The van der Waals surface area contributed by atoms with Gasteiger partial charge in [-0.25, -0.2) is 9.59 Å². The molecule has 0 aromatic heterocycles. The Bertz CT molecular complexity index is 2790. The molecule has 24 heteroatoms. The number of hydrogen-bond donors (Lipinski definition) is 5. The number of amides is 6. The quantitative estimate of drug-likeness (QED) is 0.0574. The monoisotopic (exact) mass is 991 g/mol. The van der Waals surface area contributed by atoms with E-state index >= 15 is 0 Å². The van der Waals surface area contributed by atoms with Crippen LogP contribution >= 0.6 is 0 Å². The van der Waals surface area contributed by atoms with Gasteiger partial charge in [-0.1, -0.05) is 36.4 Å². The van der Waals surface area contributed by atoms with E-state index in [0.29, 0.717) is 48.2 Å². The number of benzene rings is 4. The van der Waals surface area contributed by atoms with Crippen molar-refractivity contribution in [1.29, 1.82) is 10.5 Å². The van der Waals surface area contributed by atoms with Gasteiger partial charge < -0.3 is 25.8 Å². The molecular formula is C46H39F6N9O8S. The Morgan fingerprint density at radius 3 is 1.30 bits per heavy atom. The summed E-state index contributed by atoms with van der Waals surface area (Å²) in [5.41, 5.74) is 0.511. The molecule has 0 bridgehead atoms. The molecule has 4 aromatic rings. The number of rotatable bonds is 12. The number of nitrogens with one attached hydrogen (secondary N) is 3.